The number of hydrogen-bond acceptors (Lipinski definition) is 2. The Labute approximate surface area is 79.1 Å². The normalized spacial score (nSPS) is 12.1. The van der Waals surface area contributed by atoms with Crippen molar-refractivity contribution in [3.63, 3.8) is 0 Å². The van der Waals surface area contributed by atoms with Gasteiger partial charge in [0.1, 0.15) is 0 Å². The molecule has 0 atom stereocenters. The van der Waals surface area contributed by atoms with E-state index >= 15 is 0 Å². The van der Waals surface area contributed by atoms with Crippen LogP contribution >= 0.6 is 27.5 Å². The smallest absolute Gasteiger partial charge is 0.228 e. The Balaban J connectivity index is 3.08. The van der Waals surface area contributed by atoms with Crippen molar-refractivity contribution >= 4 is 27.5 Å². The third kappa shape index (κ3) is 1.97. The molecule has 2 nitrogen and oxygen atoms in total. The summed E-state index contributed by atoms with van der Waals surface area (Å²) in [4.78, 5) is 4.10. The quantitative estimate of drug-likeness (QED) is 0.692. The fourth-order valence-corrected chi connectivity index (χ4v) is 0.961. The Morgan fingerprint density at radius 1 is 1.45 bits per heavy atom. The molecule has 0 radical (unpaired) electrons. The van der Waals surface area contributed by atoms with E-state index < -0.39 is 0 Å². The molecule has 1 rings (SSSR count). The summed E-state index contributed by atoms with van der Waals surface area (Å²) in [5.74, 6) is 0.648. The summed E-state index contributed by atoms with van der Waals surface area (Å²) in [7, 11) is 0. The Kier molecular flexibility index (Phi) is 2.30. The van der Waals surface area contributed by atoms with Crippen LogP contribution in [0.25, 0.3) is 0 Å². The standard InChI is InChI=1S/C7H9BrClNO/c1-7(2,3)6-10-4(8)5(9)11-6/h1-3H3. The highest BCUT2D eigenvalue weighted by molar-refractivity contribution is 9.10. The maximum absolute atomic E-state index is 5.66. The van der Waals surface area contributed by atoms with Crippen LogP contribution in [0.5, 0.6) is 0 Å². The van der Waals surface area contributed by atoms with Gasteiger partial charge in [-0.15, -0.1) is 0 Å². The van der Waals surface area contributed by atoms with Crippen LogP contribution in [-0.4, -0.2) is 4.98 Å². The topological polar surface area (TPSA) is 26.0 Å². The summed E-state index contributed by atoms with van der Waals surface area (Å²) in [5, 5.41) is 0.315. The molecule has 62 valence electrons. The number of nitrogens with zero attached hydrogens (tertiary/aromatic N) is 1. The summed E-state index contributed by atoms with van der Waals surface area (Å²) in [6.45, 7) is 6.05. The molecule has 1 heterocycles. The molecule has 11 heavy (non-hydrogen) atoms. The molecule has 0 bridgehead atoms. The van der Waals surface area contributed by atoms with Gasteiger partial charge in [0, 0.05) is 5.41 Å². The molecule has 1 aromatic rings. The second-order valence-electron chi connectivity index (χ2n) is 3.33. The highest BCUT2D eigenvalue weighted by Crippen LogP contribution is 2.29. The van der Waals surface area contributed by atoms with Crippen LogP contribution in [0.1, 0.15) is 26.7 Å². The van der Waals surface area contributed by atoms with Crippen LogP contribution in [0.2, 0.25) is 5.22 Å². The summed E-state index contributed by atoms with van der Waals surface area (Å²) in [6, 6.07) is 0. The Morgan fingerprint density at radius 2 is 2.00 bits per heavy atom. The summed E-state index contributed by atoms with van der Waals surface area (Å²) in [6.07, 6.45) is 0. The molecule has 0 aliphatic rings. The van der Waals surface area contributed by atoms with Crippen molar-refractivity contribution in [1.82, 2.24) is 4.98 Å². The SMILES string of the molecule is CC(C)(C)c1nc(Br)c(Cl)o1. The van der Waals surface area contributed by atoms with Gasteiger partial charge in [-0.05, 0) is 27.5 Å². The lowest BCUT2D eigenvalue weighted by Gasteiger charge is -2.11. The highest BCUT2D eigenvalue weighted by Gasteiger charge is 2.21. The first-order valence-electron chi connectivity index (χ1n) is 3.23. The molecule has 0 saturated carbocycles. The second-order valence-corrected chi connectivity index (χ2v) is 4.43. The van der Waals surface area contributed by atoms with Gasteiger partial charge in [-0.25, -0.2) is 4.98 Å². The molecule has 0 unspecified atom stereocenters. The Morgan fingerprint density at radius 3 is 2.18 bits per heavy atom. The minimum Gasteiger partial charge on any atom is -0.427 e. The van der Waals surface area contributed by atoms with Gasteiger partial charge in [0.25, 0.3) is 0 Å². The average molecular weight is 239 g/mol. The van der Waals surface area contributed by atoms with Crippen LogP contribution in [0.3, 0.4) is 0 Å². The molecule has 0 amide bonds. The molecule has 0 saturated heterocycles. The number of rotatable bonds is 0. The highest BCUT2D eigenvalue weighted by atomic mass is 79.9. The Hall–Kier alpha value is -0.0200. The van der Waals surface area contributed by atoms with Crippen molar-refractivity contribution in [1.29, 1.82) is 0 Å². The van der Waals surface area contributed by atoms with Crippen molar-refractivity contribution < 1.29 is 4.42 Å². The van der Waals surface area contributed by atoms with Crippen molar-refractivity contribution in [3.8, 4) is 0 Å². The zero-order valence-electron chi connectivity index (χ0n) is 6.61. The summed E-state index contributed by atoms with van der Waals surface area (Å²) >= 11 is 8.83. The van der Waals surface area contributed by atoms with E-state index in [4.69, 9.17) is 16.0 Å². The van der Waals surface area contributed by atoms with Crippen molar-refractivity contribution in [3.05, 3.63) is 15.7 Å². The van der Waals surface area contributed by atoms with E-state index in [9.17, 15) is 0 Å². The van der Waals surface area contributed by atoms with Crippen molar-refractivity contribution in [2.75, 3.05) is 0 Å². The lowest BCUT2D eigenvalue weighted by atomic mass is 9.97. The molecular formula is C7H9BrClNO. The molecule has 0 aromatic carbocycles. The number of oxazole rings is 1. The zero-order chi connectivity index (χ0) is 8.65. The van der Waals surface area contributed by atoms with E-state index in [-0.39, 0.29) is 5.41 Å². The second kappa shape index (κ2) is 2.79. The summed E-state index contributed by atoms with van der Waals surface area (Å²) < 4.78 is 5.76. The van der Waals surface area contributed by atoms with E-state index in [1.54, 1.807) is 0 Å². The number of hydrogen-bond donors (Lipinski definition) is 0. The number of halogens is 2. The first-order chi connectivity index (χ1) is 4.91. The van der Waals surface area contributed by atoms with E-state index in [1.165, 1.54) is 0 Å². The van der Waals surface area contributed by atoms with Gasteiger partial charge in [0.05, 0.1) is 0 Å². The van der Waals surface area contributed by atoms with Gasteiger partial charge in [0.2, 0.25) is 11.1 Å². The van der Waals surface area contributed by atoms with E-state index in [1.807, 2.05) is 20.8 Å². The third-order valence-electron chi connectivity index (χ3n) is 1.19. The van der Waals surface area contributed by atoms with Gasteiger partial charge in [-0.2, -0.15) is 0 Å². The number of aromatic nitrogens is 1. The predicted molar refractivity (Wildman–Crippen MR) is 47.9 cm³/mol. The monoisotopic (exact) mass is 237 g/mol. The Bertz CT molecular complexity index is 244. The third-order valence-corrected chi connectivity index (χ3v) is 2.21. The lowest BCUT2D eigenvalue weighted by molar-refractivity contribution is 0.393. The summed E-state index contributed by atoms with van der Waals surface area (Å²) in [5.41, 5.74) is -0.0876. The van der Waals surface area contributed by atoms with Crippen LogP contribution in [0.4, 0.5) is 0 Å². The first kappa shape index (κ1) is 9.07. The minimum absolute atomic E-state index is 0.0876. The molecule has 0 aliphatic heterocycles. The van der Waals surface area contributed by atoms with Crippen LogP contribution < -0.4 is 0 Å². The predicted octanol–water partition coefficient (Wildman–Crippen LogP) is 3.39. The fraction of sp³-hybridized carbons (Fsp3) is 0.571. The van der Waals surface area contributed by atoms with Crippen molar-refractivity contribution in [2.24, 2.45) is 0 Å². The van der Waals surface area contributed by atoms with Gasteiger partial charge in [-0.1, -0.05) is 20.8 Å². The fourth-order valence-electron chi connectivity index (χ4n) is 0.604. The molecule has 0 spiro atoms. The van der Waals surface area contributed by atoms with Crippen LogP contribution in [0, 0.1) is 0 Å². The van der Waals surface area contributed by atoms with E-state index in [0.29, 0.717) is 15.7 Å². The molecule has 4 heteroatoms. The average Bonchev–Trinajstić information content (AvgIpc) is 2.11. The van der Waals surface area contributed by atoms with Gasteiger partial charge in [0.15, 0.2) is 4.60 Å². The lowest BCUT2D eigenvalue weighted by Crippen LogP contribution is -2.11. The first-order valence-corrected chi connectivity index (χ1v) is 4.40. The maximum atomic E-state index is 5.66. The zero-order valence-corrected chi connectivity index (χ0v) is 8.95. The van der Waals surface area contributed by atoms with Gasteiger partial charge < -0.3 is 4.42 Å². The van der Waals surface area contributed by atoms with Gasteiger partial charge in [-0.3, -0.25) is 0 Å². The molecular weight excluding hydrogens is 229 g/mol. The maximum Gasteiger partial charge on any atom is 0.228 e. The minimum atomic E-state index is -0.0876. The van der Waals surface area contributed by atoms with Crippen LogP contribution in [-0.2, 0) is 5.41 Å². The van der Waals surface area contributed by atoms with E-state index in [0.717, 1.165) is 0 Å². The van der Waals surface area contributed by atoms with Gasteiger partial charge >= 0.3 is 0 Å². The van der Waals surface area contributed by atoms with Crippen LogP contribution in [0.15, 0.2) is 9.02 Å². The molecule has 0 aliphatic carbocycles. The largest absolute Gasteiger partial charge is 0.427 e. The molecule has 1 aromatic heterocycles. The van der Waals surface area contributed by atoms with E-state index in [2.05, 4.69) is 20.9 Å². The van der Waals surface area contributed by atoms with Crippen molar-refractivity contribution in [2.45, 2.75) is 26.2 Å². The molecule has 0 fully saturated rings. The molecule has 0 N–H and O–H groups in total.